The number of benzene rings is 1. The predicted molar refractivity (Wildman–Crippen MR) is 90.8 cm³/mol. The highest BCUT2D eigenvalue weighted by molar-refractivity contribution is 14.1. The second kappa shape index (κ2) is 6.90. The Hall–Kier alpha value is -0.230. The summed E-state index contributed by atoms with van der Waals surface area (Å²) >= 11 is 5.60. The molecule has 114 valence electrons. The summed E-state index contributed by atoms with van der Waals surface area (Å²) in [4.78, 5) is 0. The number of aromatic nitrogens is 3. The average molecular weight is 507 g/mol. The van der Waals surface area contributed by atoms with Crippen molar-refractivity contribution in [2.45, 2.75) is 11.7 Å². The van der Waals surface area contributed by atoms with E-state index in [2.05, 4.69) is 48.7 Å². The van der Waals surface area contributed by atoms with Crippen molar-refractivity contribution in [3.05, 3.63) is 26.2 Å². The topological polar surface area (TPSA) is 74.1 Å². The second-order valence-corrected chi connectivity index (χ2v) is 8.57. The van der Waals surface area contributed by atoms with Crippen LogP contribution in [0.5, 0.6) is 0 Å². The molecule has 2 aromatic rings. The van der Waals surface area contributed by atoms with Gasteiger partial charge in [-0.05, 0) is 40.8 Å². The van der Waals surface area contributed by atoms with Gasteiger partial charge in [0.05, 0.1) is 13.2 Å². The maximum Gasteiger partial charge on any atom is 0.296 e. The molecular weight excluding hydrogens is 496 g/mol. The Bertz CT molecular complexity index is 766. The largest absolute Gasteiger partial charge is 0.383 e. The number of nitrogens with zero attached hydrogens (tertiary/aromatic N) is 3. The van der Waals surface area contributed by atoms with Crippen LogP contribution in [0.15, 0.2) is 27.8 Å². The molecule has 1 aromatic carbocycles. The van der Waals surface area contributed by atoms with Gasteiger partial charge in [-0.15, -0.1) is 10.2 Å². The van der Waals surface area contributed by atoms with Crippen molar-refractivity contribution in [3.63, 3.8) is 0 Å². The monoisotopic (exact) mass is 505 g/mol. The number of ether oxygens (including phenoxy) is 1. The zero-order chi connectivity index (χ0) is 15.6. The molecule has 6 nitrogen and oxygen atoms in total. The lowest BCUT2D eigenvalue weighted by atomic mass is 10.2. The van der Waals surface area contributed by atoms with Crippen LogP contribution in [-0.4, -0.2) is 36.9 Å². The van der Waals surface area contributed by atoms with E-state index in [-0.39, 0.29) is 11.7 Å². The van der Waals surface area contributed by atoms with Crippen LogP contribution in [0, 0.1) is 3.57 Å². The first kappa shape index (κ1) is 17.1. The summed E-state index contributed by atoms with van der Waals surface area (Å²) in [6.07, 6.45) is 0. The number of halogens is 3. The Morgan fingerprint density at radius 2 is 2.14 bits per heavy atom. The van der Waals surface area contributed by atoms with Crippen LogP contribution < -0.4 is 0 Å². The molecule has 0 amide bonds. The highest BCUT2D eigenvalue weighted by atomic mass is 127. The van der Waals surface area contributed by atoms with Crippen LogP contribution in [0.2, 0.25) is 0 Å². The van der Waals surface area contributed by atoms with Crippen molar-refractivity contribution >= 4 is 58.3 Å². The van der Waals surface area contributed by atoms with Gasteiger partial charge in [-0.25, -0.2) is 8.42 Å². The Labute approximate surface area is 148 Å². The lowest BCUT2D eigenvalue weighted by Gasteiger charge is -2.10. The van der Waals surface area contributed by atoms with Crippen molar-refractivity contribution in [2.24, 2.45) is 0 Å². The number of rotatable bonds is 5. The van der Waals surface area contributed by atoms with Gasteiger partial charge in [-0.2, -0.15) is 0 Å². The summed E-state index contributed by atoms with van der Waals surface area (Å²) in [6, 6.07) is 5.66. The van der Waals surface area contributed by atoms with Gasteiger partial charge in [0.2, 0.25) is 0 Å². The molecule has 2 rings (SSSR count). The van der Waals surface area contributed by atoms with E-state index in [0.29, 0.717) is 12.4 Å². The fourth-order valence-corrected chi connectivity index (χ4v) is 3.56. The maximum atomic E-state index is 11.6. The van der Waals surface area contributed by atoms with Crippen LogP contribution in [0.3, 0.4) is 0 Å². The summed E-state index contributed by atoms with van der Waals surface area (Å²) in [6.45, 7) is 0.587. The third-order valence-electron chi connectivity index (χ3n) is 2.62. The van der Waals surface area contributed by atoms with Crippen LogP contribution in [0.4, 0.5) is 0 Å². The van der Waals surface area contributed by atoms with E-state index in [9.17, 15) is 8.42 Å². The summed E-state index contributed by atoms with van der Waals surface area (Å²) in [7, 11) is 2.95. The fraction of sp³-hybridized carbons (Fsp3) is 0.273. The zero-order valence-corrected chi connectivity index (χ0v) is 16.1. The van der Waals surface area contributed by atoms with Gasteiger partial charge < -0.3 is 4.74 Å². The van der Waals surface area contributed by atoms with E-state index >= 15 is 0 Å². The Morgan fingerprint density at radius 3 is 2.76 bits per heavy atom. The third-order valence-corrected chi connectivity index (χ3v) is 5.14. The third kappa shape index (κ3) is 3.95. The molecule has 21 heavy (non-hydrogen) atoms. The minimum Gasteiger partial charge on any atom is -0.383 e. The lowest BCUT2D eigenvalue weighted by molar-refractivity contribution is 0.185. The van der Waals surface area contributed by atoms with Crippen LogP contribution in [0.25, 0.3) is 11.4 Å². The summed E-state index contributed by atoms with van der Waals surface area (Å²) in [5.41, 5.74) is 0.733. The zero-order valence-electron chi connectivity index (χ0n) is 10.8. The van der Waals surface area contributed by atoms with E-state index < -0.39 is 9.05 Å². The van der Waals surface area contributed by atoms with Gasteiger partial charge in [0.25, 0.3) is 14.2 Å². The first-order valence-electron chi connectivity index (χ1n) is 5.67. The summed E-state index contributed by atoms with van der Waals surface area (Å²) in [5.74, 6) is 0.414. The SMILES string of the molecule is COCCn1c(-c2cc(I)ccc2Br)nnc1S(=O)(=O)Cl. The summed E-state index contributed by atoms with van der Waals surface area (Å²) in [5, 5.41) is 7.38. The lowest BCUT2D eigenvalue weighted by Crippen LogP contribution is -2.11. The van der Waals surface area contributed by atoms with Gasteiger partial charge in [0.15, 0.2) is 5.82 Å². The highest BCUT2D eigenvalue weighted by Crippen LogP contribution is 2.30. The van der Waals surface area contributed by atoms with Crippen molar-refractivity contribution < 1.29 is 13.2 Å². The first-order valence-corrected chi connectivity index (χ1v) is 9.85. The normalized spacial score (nSPS) is 11.8. The molecule has 0 aliphatic heterocycles. The van der Waals surface area contributed by atoms with Crippen LogP contribution >= 0.6 is 49.2 Å². The van der Waals surface area contributed by atoms with Crippen molar-refractivity contribution in [3.8, 4) is 11.4 Å². The molecule has 0 saturated heterocycles. The van der Waals surface area contributed by atoms with Crippen molar-refractivity contribution in [2.75, 3.05) is 13.7 Å². The van der Waals surface area contributed by atoms with Gasteiger partial charge in [0, 0.05) is 31.4 Å². The molecule has 0 unspecified atom stereocenters. The molecule has 0 aliphatic carbocycles. The van der Waals surface area contributed by atoms with Crippen LogP contribution in [-0.2, 0) is 20.3 Å². The molecule has 0 bridgehead atoms. The molecule has 0 atom stereocenters. The van der Waals surface area contributed by atoms with E-state index in [1.807, 2.05) is 18.2 Å². The molecule has 0 spiro atoms. The molecular formula is C11H10BrClIN3O3S. The molecule has 1 aromatic heterocycles. The number of hydrogen-bond acceptors (Lipinski definition) is 5. The molecule has 0 N–H and O–H groups in total. The van der Waals surface area contributed by atoms with Gasteiger partial charge in [-0.1, -0.05) is 15.9 Å². The van der Waals surface area contributed by atoms with Gasteiger partial charge >= 0.3 is 0 Å². The number of hydrogen-bond donors (Lipinski definition) is 0. The first-order chi connectivity index (χ1) is 9.84. The minimum absolute atomic E-state index is 0.276. The molecule has 0 radical (unpaired) electrons. The summed E-state index contributed by atoms with van der Waals surface area (Å²) < 4.78 is 31.4. The standard InChI is InChI=1S/C11H10BrClIN3O3S/c1-20-5-4-17-10(15-16-11(17)21(13,18)19)8-6-7(14)2-3-9(8)12/h2-3,6H,4-5H2,1H3. The van der Waals surface area contributed by atoms with Crippen molar-refractivity contribution in [1.82, 2.24) is 14.8 Å². The Kier molecular flexibility index (Phi) is 5.63. The smallest absolute Gasteiger partial charge is 0.296 e. The molecule has 10 heteroatoms. The van der Waals surface area contributed by atoms with E-state index in [1.165, 1.54) is 11.7 Å². The molecule has 0 saturated carbocycles. The average Bonchev–Trinajstić information content (AvgIpc) is 2.82. The molecule has 0 fully saturated rings. The fourth-order valence-electron chi connectivity index (χ4n) is 1.72. The Balaban J connectivity index is 2.63. The quantitative estimate of drug-likeness (QED) is 0.461. The highest BCUT2D eigenvalue weighted by Gasteiger charge is 2.24. The molecule has 1 heterocycles. The second-order valence-electron chi connectivity index (χ2n) is 4.01. The van der Waals surface area contributed by atoms with Gasteiger partial charge in [0.1, 0.15) is 0 Å². The van der Waals surface area contributed by atoms with E-state index in [1.54, 1.807) is 0 Å². The van der Waals surface area contributed by atoms with E-state index in [0.717, 1.165) is 13.6 Å². The minimum atomic E-state index is -3.99. The van der Waals surface area contributed by atoms with Crippen molar-refractivity contribution in [1.29, 1.82) is 0 Å². The predicted octanol–water partition coefficient (Wildman–Crippen LogP) is 2.89. The molecule has 0 aliphatic rings. The number of methoxy groups -OCH3 is 1. The van der Waals surface area contributed by atoms with E-state index in [4.69, 9.17) is 15.4 Å². The maximum absolute atomic E-state index is 11.6. The van der Waals surface area contributed by atoms with Gasteiger partial charge in [-0.3, -0.25) is 4.57 Å². The Morgan fingerprint density at radius 1 is 1.43 bits per heavy atom. The van der Waals surface area contributed by atoms with Crippen LogP contribution in [0.1, 0.15) is 0 Å².